The van der Waals surface area contributed by atoms with E-state index >= 15 is 0 Å². The van der Waals surface area contributed by atoms with Crippen molar-refractivity contribution in [1.82, 2.24) is 4.73 Å². The molecule has 0 fully saturated rings. The van der Waals surface area contributed by atoms with Gasteiger partial charge in [-0.15, -0.1) is 0 Å². The Kier molecular flexibility index (Phi) is 3.39. The lowest BCUT2D eigenvalue weighted by atomic mass is 10.2. The molecule has 1 aromatic carbocycles. The van der Waals surface area contributed by atoms with Crippen molar-refractivity contribution in [1.29, 1.82) is 0 Å². The maximum Gasteiger partial charge on any atom is 0.357 e. The molecule has 0 saturated carbocycles. The number of hydrogen-bond acceptors (Lipinski definition) is 5. The molecule has 0 saturated heterocycles. The fraction of sp³-hybridized carbons (Fsp3) is 0.167. The van der Waals surface area contributed by atoms with Gasteiger partial charge < -0.3 is 10.2 Å². The van der Waals surface area contributed by atoms with Gasteiger partial charge in [-0.1, -0.05) is 23.8 Å². The Morgan fingerprint density at radius 3 is 2.05 bits per heavy atom. The predicted octanol–water partition coefficient (Wildman–Crippen LogP) is 1.28. The minimum atomic E-state index is -4.11. The van der Waals surface area contributed by atoms with Gasteiger partial charge in [-0.05, 0) is 24.1 Å². The highest BCUT2D eigenvalue weighted by molar-refractivity contribution is 7.87. The molecule has 6 nitrogen and oxygen atoms in total. The molecule has 7 heteroatoms. The van der Waals surface area contributed by atoms with Gasteiger partial charge in [0.25, 0.3) is 0 Å². The van der Waals surface area contributed by atoms with Crippen LogP contribution in [0.1, 0.15) is 12.5 Å². The quantitative estimate of drug-likeness (QED) is 0.882. The van der Waals surface area contributed by atoms with Crippen LogP contribution < -0.4 is 4.28 Å². The van der Waals surface area contributed by atoms with Crippen LogP contribution in [-0.2, 0) is 16.5 Å². The van der Waals surface area contributed by atoms with E-state index in [1.807, 2.05) is 6.92 Å². The zero-order valence-corrected chi connectivity index (χ0v) is 11.0. The van der Waals surface area contributed by atoms with E-state index in [2.05, 4.69) is 4.28 Å². The number of nitrogens with zero attached hydrogens (tertiary/aromatic N) is 1. The van der Waals surface area contributed by atoms with Crippen LogP contribution in [0, 0.1) is 0 Å². The molecule has 2 aromatic rings. The zero-order chi connectivity index (χ0) is 14.0. The molecule has 0 aliphatic rings. The summed E-state index contributed by atoms with van der Waals surface area (Å²) < 4.78 is 29.0. The van der Waals surface area contributed by atoms with Crippen molar-refractivity contribution in [3.63, 3.8) is 0 Å². The van der Waals surface area contributed by atoms with Crippen LogP contribution in [0.15, 0.2) is 41.3 Å². The van der Waals surface area contributed by atoms with E-state index in [1.165, 1.54) is 12.1 Å². The van der Waals surface area contributed by atoms with Gasteiger partial charge in [-0.2, -0.15) is 8.42 Å². The van der Waals surface area contributed by atoms with Crippen molar-refractivity contribution >= 4 is 10.1 Å². The topological polar surface area (TPSA) is 88.8 Å². The van der Waals surface area contributed by atoms with Gasteiger partial charge in [0.1, 0.15) is 4.90 Å². The van der Waals surface area contributed by atoms with Crippen LogP contribution in [0.3, 0.4) is 0 Å². The van der Waals surface area contributed by atoms with Crippen molar-refractivity contribution in [3.8, 4) is 11.8 Å². The first-order valence-corrected chi connectivity index (χ1v) is 6.98. The molecule has 1 aromatic heterocycles. The van der Waals surface area contributed by atoms with Crippen LogP contribution in [-0.4, -0.2) is 23.4 Å². The molecule has 2 rings (SSSR count). The average Bonchev–Trinajstić information content (AvgIpc) is 2.70. The van der Waals surface area contributed by atoms with Crippen LogP contribution in [0.5, 0.6) is 11.8 Å². The molecule has 1 heterocycles. The Morgan fingerprint density at radius 1 is 1.05 bits per heavy atom. The third kappa shape index (κ3) is 2.65. The summed E-state index contributed by atoms with van der Waals surface area (Å²) in [6.45, 7) is 1.95. The minimum absolute atomic E-state index is 0.0581. The second kappa shape index (κ2) is 4.85. The fourth-order valence-corrected chi connectivity index (χ4v) is 2.42. The summed E-state index contributed by atoms with van der Waals surface area (Å²) in [5.41, 5.74) is 0.991. The van der Waals surface area contributed by atoms with Gasteiger partial charge >= 0.3 is 10.1 Å². The average molecular weight is 283 g/mol. The third-order valence-electron chi connectivity index (χ3n) is 2.59. The summed E-state index contributed by atoms with van der Waals surface area (Å²) in [6, 6.07) is 8.39. The van der Waals surface area contributed by atoms with E-state index in [0.29, 0.717) is 4.73 Å². The van der Waals surface area contributed by atoms with Gasteiger partial charge in [-0.25, -0.2) is 0 Å². The van der Waals surface area contributed by atoms with Crippen LogP contribution in [0.2, 0.25) is 0 Å². The number of benzene rings is 1. The summed E-state index contributed by atoms with van der Waals surface area (Å²) in [6.07, 6.45) is 0.792. The van der Waals surface area contributed by atoms with Gasteiger partial charge in [0, 0.05) is 12.1 Å². The molecule has 0 bridgehead atoms. The standard InChI is InChI=1S/C12H13NO5S/c1-2-9-3-5-10(6-4-9)19(16,17)18-13-11(14)7-8-12(13)15/h3-8,14-15H,2H2,1H3. The van der Waals surface area contributed by atoms with Crippen molar-refractivity contribution in [2.45, 2.75) is 18.2 Å². The largest absolute Gasteiger partial charge is 0.492 e. The van der Waals surface area contributed by atoms with Crippen LogP contribution in [0.4, 0.5) is 0 Å². The molecule has 0 radical (unpaired) electrons. The highest BCUT2D eigenvalue weighted by Crippen LogP contribution is 2.21. The molecular weight excluding hydrogens is 270 g/mol. The van der Waals surface area contributed by atoms with Gasteiger partial charge in [-0.3, -0.25) is 4.28 Å². The lowest BCUT2D eigenvalue weighted by Gasteiger charge is -2.09. The van der Waals surface area contributed by atoms with E-state index in [9.17, 15) is 18.6 Å². The Morgan fingerprint density at radius 2 is 1.58 bits per heavy atom. The minimum Gasteiger partial charge on any atom is -0.492 e. The third-order valence-corrected chi connectivity index (χ3v) is 3.79. The monoisotopic (exact) mass is 283 g/mol. The number of aromatic hydroxyl groups is 2. The second-order valence-corrected chi connectivity index (χ2v) is 5.40. The van der Waals surface area contributed by atoms with Crippen molar-refractivity contribution in [2.24, 2.45) is 0 Å². The normalized spacial score (nSPS) is 11.4. The maximum atomic E-state index is 11.9. The van der Waals surface area contributed by atoms with E-state index in [-0.39, 0.29) is 4.90 Å². The molecule has 0 amide bonds. The molecule has 0 aliphatic heterocycles. The highest BCUT2D eigenvalue weighted by Gasteiger charge is 2.20. The summed E-state index contributed by atoms with van der Waals surface area (Å²) in [5, 5.41) is 18.7. The molecule has 0 spiro atoms. The summed E-state index contributed by atoms with van der Waals surface area (Å²) >= 11 is 0. The second-order valence-electron chi connectivity index (χ2n) is 3.87. The first-order valence-electron chi connectivity index (χ1n) is 5.57. The molecular formula is C12H13NO5S. The number of hydrogen-bond donors (Lipinski definition) is 2. The molecule has 2 N–H and O–H groups in total. The molecule has 19 heavy (non-hydrogen) atoms. The lowest BCUT2D eigenvalue weighted by molar-refractivity contribution is 0.203. The lowest BCUT2D eigenvalue weighted by Crippen LogP contribution is -2.19. The number of rotatable bonds is 4. The van der Waals surface area contributed by atoms with E-state index in [0.717, 1.165) is 24.1 Å². The number of aryl methyl sites for hydroxylation is 1. The summed E-state index contributed by atoms with van der Waals surface area (Å²) in [5.74, 6) is -1.02. The molecule has 0 unspecified atom stereocenters. The van der Waals surface area contributed by atoms with E-state index < -0.39 is 21.9 Å². The Balaban J connectivity index is 2.32. The summed E-state index contributed by atoms with van der Waals surface area (Å²) in [4.78, 5) is -0.0581. The van der Waals surface area contributed by atoms with Crippen molar-refractivity contribution in [2.75, 3.05) is 0 Å². The smallest absolute Gasteiger partial charge is 0.357 e. The first-order chi connectivity index (χ1) is 8.94. The number of aromatic nitrogens is 1. The van der Waals surface area contributed by atoms with Crippen LogP contribution in [0.25, 0.3) is 0 Å². The zero-order valence-electron chi connectivity index (χ0n) is 10.1. The summed E-state index contributed by atoms with van der Waals surface area (Å²) in [7, 11) is -4.11. The van der Waals surface area contributed by atoms with Gasteiger partial charge in [0.15, 0.2) is 0 Å². The predicted molar refractivity (Wildman–Crippen MR) is 67.3 cm³/mol. The highest BCUT2D eigenvalue weighted by atomic mass is 32.2. The van der Waals surface area contributed by atoms with Gasteiger partial charge in [0.05, 0.1) is 0 Å². The molecule has 0 aliphatic carbocycles. The van der Waals surface area contributed by atoms with E-state index in [4.69, 9.17) is 0 Å². The van der Waals surface area contributed by atoms with E-state index in [1.54, 1.807) is 12.1 Å². The first kappa shape index (κ1) is 13.3. The van der Waals surface area contributed by atoms with Gasteiger partial charge in [0.2, 0.25) is 11.8 Å². The Labute approximate surface area is 110 Å². The SMILES string of the molecule is CCc1ccc(S(=O)(=O)On2c(O)ccc2O)cc1. The van der Waals surface area contributed by atoms with Crippen molar-refractivity contribution in [3.05, 3.63) is 42.0 Å². The molecule has 102 valence electrons. The van der Waals surface area contributed by atoms with Crippen molar-refractivity contribution < 1.29 is 22.9 Å². The maximum absolute atomic E-state index is 11.9. The van der Waals surface area contributed by atoms with Crippen LogP contribution >= 0.6 is 0 Å². The Hall–Kier alpha value is -2.15. The fourth-order valence-electron chi connectivity index (χ4n) is 1.51. The Bertz CT molecular complexity index is 653. The molecule has 0 atom stereocenters.